The van der Waals surface area contributed by atoms with E-state index in [2.05, 4.69) is 49.6 Å². The van der Waals surface area contributed by atoms with Crippen LogP contribution in [0.5, 0.6) is 0 Å². The summed E-state index contributed by atoms with van der Waals surface area (Å²) >= 11 is 0. The van der Waals surface area contributed by atoms with Gasteiger partial charge in [0.05, 0.1) is 0 Å². The first kappa shape index (κ1) is 13.9. The van der Waals surface area contributed by atoms with Gasteiger partial charge in [-0.25, -0.2) is 0 Å². The van der Waals surface area contributed by atoms with E-state index in [0.29, 0.717) is 0 Å². The predicted octanol–water partition coefficient (Wildman–Crippen LogP) is 5.50. The average molecular weight is 274 g/mol. The Kier molecular flexibility index (Phi) is 4.06. The van der Waals surface area contributed by atoms with Crippen molar-refractivity contribution >= 4 is 0 Å². The van der Waals surface area contributed by atoms with Gasteiger partial charge in [-0.1, -0.05) is 48.6 Å². The Morgan fingerprint density at radius 3 is 2.14 bits per heavy atom. The second-order valence-corrected chi connectivity index (χ2v) is 5.81. The fourth-order valence-corrected chi connectivity index (χ4v) is 3.14. The maximum Gasteiger partial charge on any atom is -0.00134 e. The van der Waals surface area contributed by atoms with Crippen LogP contribution in [0.3, 0.4) is 0 Å². The molecular weight excluding hydrogens is 252 g/mol. The van der Waals surface area contributed by atoms with Crippen LogP contribution in [0.2, 0.25) is 0 Å². The van der Waals surface area contributed by atoms with Crippen LogP contribution in [-0.4, -0.2) is 0 Å². The number of allylic oxidation sites excluding steroid dienone is 2. The van der Waals surface area contributed by atoms with E-state index in [1.807, 2.05) is 12.2 Å². The lowest BCUT2D eigenvalue weighted by Gasteiger charge is -2.06. The number of hydrogen-bond donors (Lipinski definition) is 0. The molecule has 0 aliphatic heterocycles. The molecule has 1 aliphatic carbocycles. The first-order valence-electron chi connectivity index (χ1n) is 7.77. The maximum atomic E-state index is 3.81. The van der Waals surface area contributed by atoms with Crippen LogP contribution in [0.1, 0.15) is 35.1 Å². The van der Waals surface area contributed by atoms with Crippen LogP contribution in [0.15, 0.2) is 61.7 Å². The number of benzene rings is 2. The van der Waals surface area contributed by atoms with Crippen molar-refractivity contribution in [2.45, 2.75) is 32.1 Å². The van der Waals surface area contributed by atoms with E-state index in [9.17, 15) is 0 Å². The molecule has 1 aliphatic rings. The molecule has 0 saturated heterocycles. The Morgan fingerprint density at radius 1 is 0.762 bits per heavy atom. The predicted molar refractivity (Wildman–Crippen MR) is 91.7 cm³/mol. The summed E-state index contributed by atoms with van der Waals surface area (Å²) in [5.41, 5.74) is 8.64. The van der Waals surface area contributed by atoms with Crippen molar-refractivity contribution in [3.63, 3.8) is 0 Å². The highest BCUT2D eigenvalue weighted by Crippen LogP contribution is 2.37. The zero-order valence-electron chi connectivity index (χ0n) is 12.6. The minimum absolute atomic E-state index is 1.05. The molecule has 0 unspecified atom stereocenters. The molecular formula is C21H22. The van der Waals surface area contributed by atoms with Crippen molar-refractivity contribution in [3.8, 4) is 11.1 Å². The molecule has 0 aromatic heterocycles. The summed E-state index contributed by atoms with van der Waals surface area (Å²) < 4.78 is 0. The second-order valence-electron chi connectivity index (χ2n) is 5.81. The van der Waals surface area contributed by atoms with Crippen LogP contribution in [0.25, 0.3) is 11.1 Å². The summed E-state index contributed by atoms with van der Waals surface area (Å²) in [5.74, 6) is 0. The van der Waals surface area contributed by atoms with Crippen LogP contribution in [-0.2, 0) is 19.3 Å². The van der Waals surface area contributed by atoms with Crippen LogP contribution in [0, 0.1) is 0 Å². The molecule has 0 amide bonds. The molecule has 0 fully saturated rings. The van der Waals surface area contributed by atoms with Crippen LogP contribution in [0.4, 0.5) is 0 Å². The fourth-order valence-electron chi connectivity index (χ4n) is 3.14. The Labute approximate surface area is 127 Å². The van der Waals surface area contributed by atoms with Crippen LogP contribution < -0.4 is 0 Å². The molecule has 0 spiro atoms. The highest BCUT2D eigenvalue weighted by Gasteiger charge is 2.18. The van der Waals surface area contributed by atoms with Gasteiger partial charge in [-0.3, -0.25) is 0 Å². The third-order valence-corrected chi connectivity index (χ3v) is 4.29. The first-order chi connectivity index (χ1) is 10.3. The Balaban J connectivity index is 1.89. The lowest BCUT2D eigenvalue weighted by Crippen LogP contribution is -1.87. The molecule has 0 bridgehead atoms. The largest absolute Gasteiger partial charge is 0.103 e. The van der Waals surface area contributed by atoms with Gasteiger partial charge in [0.15, 0.2) is 0 Å². The van der Waals surface area contributed by atoms with E-state index < -0.39 is 0 Å². The van der Waals surface area contributed by atoms with Crippen molar-refractivity contribution < 1.29 is 0 Å². The Hall–Kier alpha value is -2.08. The molecule has 0 heteroatoms. The molecule has 0 saturated carbocycles. The minimum Gasteiger partial charge on any atom is -0.103 e. The highest BCUT2D eigenvalue weighted by molar-refractivity contribution is 5.77. The molecule has 106 valence electrons. The van der Waals surface area contributed by atoms with E-state index in [-0.39, 0.29) is 0 Å². The Bertz CT molecular complexity index is 676. The number of fused-ring (bicyclic) bond motifs is 3. The first-order valence-corrected chi connectivity index (χ1v) is 7.77. The van der Waals surface area contributed by atoms with Gasteiger partial charge in [-0.2, -0.15) is 0 Å². The van der Waals surface area contributed by atoms with Gasteiger partial charge < -0.3 is 0 Å². The van der Waals surface area contributed by atoms with Gasteiger partial charge >= 0.3 is 0 Å². The monoisotopic (exact) mass is 274 g/mol. The third kappa shape index (κ3) is 2.85. The maximum absolute atomic E-state index is 3.81. The second kappa shape index (κ2) is 6.13. The van der Waals surface area contributed by atoms with Crippen molar-refractivity contribution in [1.29, 1.82) is 0 Å². The van der Waals surface area contributed by atoms with Gasteiger partial charge in [-0.05, 0) is 65.5 Å². The van der Waals surface area contributed by atoms with Gasteiger partial charge in [0.1, 0.15) is 0 Å². The van der Waals surface area contributed by atoms with E-state index in [1.165, 1.54) is 33.4 Å². The van der Waals surface area contributed by atoms with Gasteiger partial charge in [-0.15, -0.1) is 13.2 Å². The third-order valence-electron chi connectivity index (χ3n) is 4.29. The normalized spacial score (nSPS) is 11.8. The summed E-state index contributed by atoms with van der Waals surface area (Å²) in [7, 11) is 0. The van der Waals surface area contributed by atoms with Crippen molar-refractivity contribution in [2.75, 3.05) is 0 Å². The number of aryl methyl sites for hydroxylation is 2. The standard InChI is InChI=1S/C21H22/c1-3-5-7-16-10-12-20-19(13-16)15-18-11-9-17(8-6-4-2)14-21(18)20/h3-4,9-14H,1-2,5-8,15H2. The van der Waals surface area contributed by atoms with E-state index in [1.54, 1.807) is 0 Å². The smallest absolute Gasteiger partial charge is 0.00134 e. The lowest BCUT2D eigenvalue weighted by molar-refractivity contribution is 0.999. The van der Waals surface area contributed by atoms with E-state index in [0.717, 1.165) is 32.1 Å². The molecule has 0 nitrogen and oxygen atoms in total. The van der Waals surface area contributed by atoms with Gasteiger partial charge in [0.25, 0.3) is 0 Å². The molecule has 0 N–H and O–H groups in total. The zero-order chi connectivity index (χ0) is 14.7. The topological polar surface area (TPSA) is 0 Å². The van der Waals surface area contributed by atoms with Gasteiger partial charge in [0.2, 0.25) is 0 Å². The quantitative estimate of drug-likeness (QED) is 0.521. The molecule has 0 atom stereocenters. The minimum atomic E-state index is 1.05. The highest BCUT2D eigenvalue weighted by atomic mass is 14.2. The molecule has 21 heavy (non-hydrogen) atoms. The summed E-state index contributed by atoms with van der Waals surface area (Å²) in [6, 6.07) is 13.9. The average Bonchev–Trinajstić information content (AvgIpc) is 2.87. The van der Waals surface area contributed by atoms with E-state index >= 15 is 0 Å². The Morgan fingerprint density at radius 2 is 1.43 bits per heavy atom. The lowest BCUT2D eigenvalue weighted by atomic mass is 9.99. The summed E-state index contributed by atoms with van der Waals surface area (Å²) in [6.07, 6.45) is 9.35. The number of rotatable bonds is 6. The molecule has 2 aromatic rings. The summed E-state index contributed by atoms with van der Waals surface area (Å²) in [5, 5.41) is 0. The van der Waals surface area contributed by atoms with E-state index in [4.69, 9.17) is 0 Å². The fraction of sp³-hybridized carbons (Fsp3) is 0.238. The number of hydrogen-bond acceptors (Lipinski definition) is 0. The van der Waals surface area contributed by atoms with Crippen molar-refractivity contribution in [1.82, 2.24) is 0 Å². The van der Waals surface area contributed by atoms with Crippen molar-refractivity contribution in [3.05, 3.63) is 84.0 Å². The molecule has 2 aromatic carbocycles. The van der Waals surface area contributed by atoms with Crippen LogP contribution >= 0.6 is 0 Å². The molecule has 0 heterocycles. The SMILES string of the molecule is C=CCCc1ccc2c(c1)Cc1ccc(CCC=C)cc1-2. The van der Waals surface area contributed by atoms with Gasteiger partial charge in [0, 0.05) is 0 Å². The summed E-state index contributed by atoms with van der Waals surface area (Å²) in [6.45, 7) is 7.62. The zero-order valence-corrected chi connectivity index (χ0v) is 12.6. The van der Waals surface area contributed by atoms with Crippen molar-refractivity contribution in [2.24, 2.45) is 0 Å². The summed E-state index contributed by atoms with van der Waals surface area (Å²) in [4.78, 5) is 0. The molecule has 3 rings (SSSR count). The molecule has 0 radical (unpaired) electrons.